The van der Waals surface area contributed by atoms with E-state index < -0.39 is 6.04 Å². The van der Waals surface area contributed by atoms with Crippen molar-refractivity contribution < 1.29 is 14.3 Å². The van der Waals surface area contributed by atoms with Gasteiger partial charge in [0.2, 0.25) is 5.95 Å². The molecule has 1 atom stereocenters. The van der Waals surface area contributed by atoms with Gasteiger partial charge in [0.15, 0.2) is 0 Å². The van der Waals surface area contributed by atoms with E-state index in [1.54, 1.807) is 4.68 Å². The molecule has 0 amide bonds. The van der Waals surface area contributed by atoms with Crippen LogP contribution in [0, 0.1) is 0 Å². The summed E-state index contributed by atoms with van der Waals surface area (Å²) in [5.41, 5.74) is 4.78. The zero-order chi connectivity index (χ0) is 26.0. The van der Waals surface area contributed by atoms with Crippen LogP contribution in [0.1, 0.15) is 82.5 Å². The van der Waals surface area contributed by atoms with Crippen LogP contribution < -0.4 is 10.1 Å². The van der Waals surface area contributed by atoms with Crippen LogP contribution in [0.2, 0.25) is 0 Å². The van der Waals surface area contributed by atoms with Crippen LogP contribution in [0.3, 0.4) is 0 Å². The molecule has 0 bridgehead atoms. The van der Waals surface area contributed by atoms with E-state index in [1.165, 1.54) is 18.3 Å². The van der Waals surface area contributed by atoms with Gasteiger partial charge in [-0.25, -0.2) is 9.48 Å². The SMILES string of the molecule is CC1=C(C(=O)OC2CCCCC2)C(c2ccc(OCc3ccc(C(C)(C)C)cc3)cc2)n2ncnc2N1. The highest BCUT2D eigenvalue weighted by Crippen LogP contribution is 2.36. The number of carbonyl (C=O) groups excluding carboxylic acids is 1. The highest BCUT2D eigenvalue weighted by molar-refractivity contribution is 5.92. The fourth-order valence-electron chi connectivity index (χ4n) is 5.08. The van der Waals surface area contributed by atoms with Crippen molar-refractivity contribution in [1.29, 1.82) is 0 Å². The lowest BCUT2D eigenvalue weighted by molar-refractivity contribution is -0.146. The van der Waals surface area contributed by atoms with Crippen LogP contribution in [0.5, 0.6) is 5.75 Å². The third kappa shape index (κ3) is 5.55. The zero-order valence-corrected chi connectivity index (χ0v) is 22.2. The number of hydrogen-bond donors (Lipinski definition) is 1. The Morgan fingerprint density at radius 1 is 1.03 bits per heavy atom. The van der Waals surface area contributed by atoms with Crippen molar-refractivity contribution >= 4 is 11.9 Å². The first-order valence-electron chi connectivity index (χ1n) is 13.2. The van der Waals surface area contributed by atoms with Gasteiger partial charge in [0.1, 0.15) is 30.8 Å². The van der Waals surface area contributed by atoms with Crippen LogP contribution in [0.25, 0.3) is 0 Å². The molecule has 3 aromatic rings. The first-order chi connectivity index (χ1) is 17.8. The van der Waals surface area contributed by atoms with Crippen molar-refractivity contribution in [2.45, 2.75) is 84.0 Å². The van der Waals surface area contributed by atoms with Gasteiger partial charge in [-0.3, -0.25) is 0 Å². The number of nitrogens with one attached hydrogen (secondary N) is 1. The highest BCUT2D eigenvalue weighted by Gasteiger charge is 2.35. The molecular formula is C30H36N4O3. The Morgan fingerprint density at radius 3 is 2.41 bits per heavy atom. The Labute approximate surface area is 218 Å². The van der Waals surface area contributed by atoms with E-state index in [1.807, 2.05) is 31.2 Å². The number of ether oxygens (including phenoxy) is 2. The summed E-state index contributed by atoms with van der Waals surface area (Å²) >= 11 is 0. The van der Waals surface area contributed by atoms with Crippen molar-refractivity contribution in [3.8, 4) is 5.75 Å². The summed E-state index contributed by atoms with van der Waals surface area (Å²) in [7, 11) is 0. The fourth-order valence-corrected chi connectivity index (χ4v) is 5.08. The normalized spacial score (nSPS) is 18.2. The summed E-state index contributed by atoms with van der Waals surface area (Å²) in [4.78, 5) is 17.7. The fraction of sp³-hybridized carbons (Fsp3) is 0.433. The molecule has 1 aromatic heterocycles. The molecular weight excluding hydrogens is 464 g/mol. The molecule has 1 aliphatic carbocycles. The second-order valence-electron chi connectivity index (χ2n) is 11.1. The van der Waals surface area contributed by atoms with Gasteiger partial charge in [-0.05, 0) is 66.8 Å². The Kier molecular flexibility index (Phi) is 7.04. The van der Waals surface area contributed by atoms with Crippen LogP contribution in [-0.4, -0.2) is 26.8 Å². The molecule has 1 unspecified atom stereocenters. The van der Waals surface area contributed by atoms with Crippen molar-refractivity contribution in [3.05, 3.63) is 82.8 Å². The molecule has 7 heteroatoms. The van der Waals surface area contributed by atoms with E-state index in [2.05, 4.69) is 60.4 Å². The van der Waals surface area contributed by atoms with Crippen LogP contribution in [-0.2, 0) is 21.6 Å². The number of nitrogens with zero attached hydrogens (tertiary/aromatic N) is 3. The van der Waals surface area contributed by atoms with Gasteiger partial charge in [0.25, 0.3) is 0 Å². The number of fused-ring (bicyclic) bond motifs is 1. The lowest BCUT2D eigenvalue weighted by Gasteiger charge is -2.30. The molecule has 194 valence electrons. The Bertz CT molecular complexity index is 1260. The van der Waals surface area contributed by atoms with Crippen LogP contribution in [0.15, 0.2) is 66.1 Å². The number of hydrogen-bond acceptors (Lipinski definition) is 6. The molecule has 2 heterocycles. The molecule has 1 aliphatic heterocycles. The molecule has 7 nitrogen and oxygen atoms in total. The third-order valence-electron chi connectivity index (χ3n) is 7.26. The maximum absolute atomic E-state index is 13.4. The van der Waals surface area contributed by atoms with Crippen LogP contribution in [0.4, 0.5) is 5.95 Å². The number of rotatable bonds is 6. The lowest BCUT2D eigenvalue weighted by Crippen LogP contribution is -2.32. The van der Waals surface area contributed by atoms with Crippen molar-refractivity contribution in [3.63, 3.8) is 0 Å². The first kappa shape index (κ1) is 25.1. The van der Waals surface area contributed by atoms with Crippen LogP contribution >= 0.6 is 0 Å². The van der Waals surface area contributed by atoms with E-state index in [-0.39, 0.29) is 17.5 Å². The predicted molar refractivity (Wildman–Crippen MR) is 143 cm³/mol. The van der Waals surface area contributed by atoms with E-state index in [0.29, 0.717) is 18.1 Å². The number of benzene rings is 2. The number of allylic oxidation sites excluding steroid dienone is 1. The molecule has 1 fully saturated rings. The molecule has 5 rings (SSSR count). The minimum Gasteiger partial charge on any atom is -0.489 e. The summed E-state index contributed by atoms with van der Waals surface area (Å²) in [5.74, 6) is 1.08. The van der Waals surface area contributed by atoms with Gasteiger partial charge >= 0.3 is 5.97 Å². The first-order valence-corrected chi connectivity index (χ1v) is 13.2. The summed E-state index contributed by atoms with van der Waals surface area (Å²) in [6, 6.07) is 16.0. The minimum atomic E-state index is -0.422. The molecule has 1 saturated carbocycles. The summed E-state index contributed by atoms with van der Waals surface area (Å²) in [6.07, 6.45) is 6.75. The van der Waals surface area contributed by atoms with Gasteiger partial charge in [-0.15, -0.1) is 0 Å². The smallest absolute Gasteiger partial charge is 0.338 e. The number of aromatic nitrogens is 3. The molecule has 0 spiro atoms. The molecule has 0 saturated heterocycles. The second kappa shape index (κ2) is 10.4. The Hall–Kier alpha value is -3.61. The zero-order valence-electron chi connectivity index (χ0n) is 22.2. The predicted octanol–water partition coefficient (Wildman–Crippen LogP) is 6.32. The maximum Gasteiger partial charge on any atom is 0.338 e. The molecule has 37 heavy (non-hydrogen) atoms. The van der Waals surface area contributed by atoms with E-state index in [0.717, 1.165) is 48.3 Å². The number of carbonyl (C=O) groups is 1. The second-order valence-corrected chi connectivity index (χ2v) is 11.1. The summed E-state index contributed by atoms with van der Waals surface area (Å²) in [6.45, 7) is 9.01. The minimum absolute atomic E-state index is 0.0208. The number of esters is 1. The largest absolute Gasteiger partial charge is 0.489 e. The highest BCUT2D eigenvalue weighted by atomic mass is 16.5. The maximum atomic E-state index is 13.4. The van der Waals surface area contributed by atoms with Crippen molar-refractivity contribution in [2.24, 2.45) is 0 Å². The third-order valence-corrected chi connectivity index (χ3v) is 7.26. The van der Waals surface area contributed by atoms with Gasteiger partial charge in [0, 0.05) is 5.70 Å². The van der Waals surface area contributed by atoms with Gasteiger partial charge in [0.05, 0.1) is 5.57 Å². The number of anilines is 1. The molecule has 0 radical (unpaired) electrons. The van der Waals surface area contributed by atoms with E-state index in [4.69, 9.17) is 9.47 Å². The van der Waals surface area contributed by atoms with Gasteiger partial charge < -0.3 is 14.8 Å². The topological polar surface area (TPSA) is 78.3 Å². The van der Waals surface area contributed by atoms with E-state index in [9.17, 15) is 4.79 Å². The Morgan fingerprint density at radius 2 is 1.73 bits per heavy atom. The quantitative estimate of drug-likeness (QED) is 0.399. The monoisotopic (exact) mass is 500 g/mol. The average molecular weight is 501 g/mol. The lowest BCUT2D eigenvalue weighted by atomic mass is 9.87. The Balaban J connectivity index is 1.33. The van der Waals surface area contributed by atoms with Crippen molar-refractivity contribution in [1.82, 2.24) is 14.8 Å². The molecule has 2 aromatic carbocycles. The summed E-state index contributed by atoms with van der Waals surface area (Å²) in [5, 5.41) is 7.64. The molecule has 2 aliphatic rings. The van der Waals surface area contributed by atoms with E-state index >= 15 is 0 Å². The van der Waals surface area contributed by atoms with Crippen molar-refractivity contribution in [2.75, 3.05) is 5.32 Å². The molecule has 1 N–H and O–H groups in total. The van der Waals surface area contributed by atoms with Gasteiger partial charge in [-0.1, -0.05) is 63.6 Å². The van der Waals surface area contributed by atoms with Gasteiger partial charge in [-0.2, -0.15) is 10.1 Å². The average Bonchev–Trinajstić information content (AvgIpc) is 3.35. The summed E-state index contributed by atoms with van der Waals surface area (Å²) < 4.78 is 13.8. The standard InChI is InChI=1S/C30H36N4O3/c1-20-26(28(35)37-25-8-6-5-7-9-25)27(34-29(33-20)31-19-32-34)22-12-16-24(17-13-22)36-18-21-10-14-23(15-11-21)30(2,3)4/h10-17,19,25,27H,5-9,18H2,1-4H3,(H,31,32,33).